The van der Waals surface area contributed by atoms with E-state index in [2.05, 4.69) is 15.4 Å². The molecule has 5 N–H and O–H groups in total. The Morgan fingerprint density at radius 3 is 2.54 bits per heavy atom. The Hall–Kier alpha value is -3.27. The number of carbonyl (C=O) groups excluding carboxylic acids is 1. The highest BCUT2D eigenvalue weighted by molar-refractivity contribution is 7.85. The number of ether oxygens (including phenoxy) is 1. The minimum atomic E-state index is -4.50. The number of rotatable bonds is 12. The molecular formula is C27H36N6O7S. The number of amides is 1. The molecule has 1 saturated heterocycles. The van der Waals surface area contributed by atoms with E-state index in [1.54, 1.807) is 11.6 Å². The highest BCUT2D eigenvalue weighted by Gasteiger charge is 2.43. The number of nitrogens with two attached hydrogens (primary N) is 1. The Labute approximate surface area is 238 Å². The maximum atomic E-state index is 12.2. The molecule has 1 aliphatic heterocycles. The van der Waals surface area contributed by atoms with Crippen LogP contribution in [0, 0.1) is 12.8 Å². The standard InChI is InChI=1S/C27H36N6O7S/c1-4-16(2)23(28)27(36)31-41(37,38)39-15-22-25(35)24(34)21(40-22)12-13-33-30-26(29-32-33)19-10-11-20(17(3)14-19)18-8-6-5-7-9-18/h5-11,14,16,21-25,34-35H,4,12-13,15,28H2,1-3H3,(H,31,36)/t16-,21-,22+,23-,24-,25+/m0/s1. The van der Waals surface area contributed by atoms with Crippen molar-refractivity contribution in [1.29, 1.82) is 0 Å². The highest BCUT2D eigenvalue weighted by Crippen LogP contribution is 2.27. The first-order valence-electron chi connectivity index (χ1n) is 13.4. The van der Waals surface area contributed by atoms with Crippen LogP contribution < -0.4 is 10.5 Å². The summed E-state index contributed by atoms with van der Waals surface area (Å²) in [7, 11) is -4.50. The molecule has 0 spiro atoms. The number of benzene rings is 2. The molecule has 14 heteroatoms. The molecule has 1 amide bonds. The minimum absolute atomic E-state index is 0.212. The second kappa shape index (κ2) is 13.1. The van der Waals surface area contributed by atoms with Gasteiger partial charge in [-0.1, -0.05) is 62.7 Å². The fraction of sp³-hybridized carbons (Fsp3) is 0.481. The van der Waals surface area contributed by atoms with Gasteiger partial charge in [0.15, 0.2) is 0 Å². The molecule has 0 saturated carbocycles. The van der Waals surface area contributed by atoms with Gasteiger partial charge in [0.25, 0.3) is 5.91 Å². The second-order valence-electron chi connectivity index (χ2n) is 10.2. The Kier molecular flexibility index (Phi) is 9.84. The number of hydrogen-bond donors (Lipinski definition) is 4. The summed E-state index contributed by atoms with van der Waals surface area (Å²) in [5.41, 5.74) is 9.85. The summed E-state index contributed by atoms with van der Waals surface area (Å²) in [5, 5.41) is 33.4. The number of aliphatic hydroxyl groups is 2. The van der Waals surface area contributed by atoms with E-state index in [-0.39, 0.29) is 18.9 Å². The Balaban J connectivity index is 1.30. The minimum Gasteiger partial charge on any atom is -0.388 e. The molecule has 2 heterocycles. The molecule has 6 atom stereocenters. The zero-order valence-corrected chi connectivity index (χ0v) is 23.9. The average molecular weight is 589 g/mol. The number of tetrazole rings is 1. The molecule has 13 nitrogen and oxygen atoms in total. The van der Waals surface area contributed by atoms with Crippen molar-refractivity contribution < 1.29 is 32.3 Å². The smallest absolute Gasteiger partial charge is 0.362 e. The van der Waals surface area contributed by atoms with Crippen molar-refractivity contribution in [3.8, 4) is 22.5 Å². The van der Waals surface area contributed by atoms with E-state index in [0.29, 0.717) is 12.2 Å². The van der Waals surface area contributed by atoms with Gasteiger partial charge in [-0.25, -0.2) is 4.72 Å². The monoisotopic (exact) mass is 588 g/mol. The van der Waals surface area contributed by atoms with Crippen molar-refractivity contribution in [2.75, 3.05) is 6.61 Å². The molecule has 0 unspecified atom stereocenters. The van der Waals surface area contributed by atoms with Gasteiger partial charge in [0.2, 0.25) is 5.82 Å². The van der Waals surface area contributed by atoms with E-state index in [1.165, 1.54) is 4.80 Å². The van der Waals surface area contributed by atoms with E-state index < -0.39 is 53.3 Å². The number of aryl methyl sites for hydroxylation is 2. The first-order chi connectivity index (χ1) is 19.5. The molecule has 0 aliphatic carbocycles. The lowest BCUT2D eigenvalue weighted by Gasteiger charge is -2.18. The summed E-state index contributed by atoms with van der Waals surface area (Å²) in [6, 6.07) is 14.9. The molecule has 222 valence electrons. The SMILES string of the molecule is CC[C@H](C)[C@H](N)C(=O)NS(=O)(=O)OC[C@H]1O[C@@H](CCn2nnc(-c3ccc(-c4ccccc4)c(C)c3)n2)[C@H](O)[C@@H]1O. The predicted octanol–water partition coefficient (Wildman–Crippen LogP) is 0.946. The van der Waals surface area contributed by atoms with Crippen molar-refractivity contribution in [3.63, 3.8) is 0 Å². The van der Waals surface area contributed by atoms with Crippen LogP contribution in [0.3, 0.4) is 0 Å². The quantitative estimate of drug-likeness (QED) is 0.235. The number of aromatic nitrogens is 4. The van der Waals surface area contributed by atoms with Crippen LogP contribution in [0.4, 0.5) is 0 Å². The van der Waals surface area contributed by atoms with Crippen LogP contribution in [0.15, 0.2) is 48.5 Å². The third-order valence-corrected chi connectivity index (χ3v) is 8.17. The van der Waals surface area contributed by atoms with Gasteiger partial charge in [0, 0.05) is 5.56 Å². The maximum Gasteiger partial charge on any atom is 0.362 e. The summed E-state index contributed by atoms with van der Waals surface area (Å²) < 4.78 is 36.6. The Morgan fingerprint density at radius 2 is 1.85 bits per heavy atom. The van der Waals surface area contributed by atoms with Crippen LogP contribution in [0.1, 0.15) is 32.3 Å². The van der Waals surface area contributed by atoms with Gasteiger partial charge in [-0.05, 0) is 47.2 Å². The van der Waals surface area contributed by atoms with Crippen LogP contribution in [0.2, 0.25) is 0 Å². The van der Waals surface area contributed by atoms with Crippen molar-refractivity contribution in [2.24, 2.45) is 11.7 Å². The summed E-state index contributed by atoms with van der Waals surface area (Å²) in [5.74, 6) is -0.694. The first kappa shape index (κ1) is 30.7. The zero-order valence-electron chi connectivity index (χ0n) is 23.1. The van der Waals surface area contributed by atoms with Gasteiger partial charge < -0.3 is 20.7 Å². The van der Waals surface area contributed by atoms with Crippen molar-refractivity contribution >= 4 is 16.2 Å². The average Bonchev–Trinajstić information content (AvgIpc) is 3.54. The third-order valence-electron chi connectivity index (χ3n) is 7.27. The number of aliphatic hydroxyl groups excluding tert-OH is 2. The van der Waals surface area contributed by atoms with Gasteiger partial charge in [-0.3, -0.25) is 8.98 Å². The molecule has 41 heavy (non-hydrogen) atoms. The number of hydrogen-bond acceptors (Lipinski definition) is 11. The Morgan fingerprint density at radius 1 is 1.15 bits per heavy atom. The lowest BCUT2D eigenvalue weighted by atomic mass is 9.98. The van der Waals surface area contributed by atoms with Gasteiger partial charge in [-0.2, -0.15) is 13.2 Å². The van der Waals surface area contributed by atoms with E-state index in [9.17, 15) is 23.4 Å². The zero-order chi connectivity index (χ0) is 29.7. The summed E-state index contributed by atoms with van der Waals surface area (Å²) in [4.78, 5) is 13.5. The second-order valence-corrected chi connectivity index (χ2v) is 11.6. The van der Waals surface area contributed by atoms with Gasteiger partial charge in [0.1, 0.15) is 18.3 Å². The molecule has 3 aromatic rings. The van der Waals surface area contributed by atoms with E-state index in [1.807, 2.05) is 62.4 Å². The fourth-order valence-electron chi connectivity index (χ4n) is 4.53. The maximum absolute atomic E-state index is 12.2. The number of carbonyl (C=O) groups is 1. The third kappa shape index (κ3) is 7.52. The van der Waals surface area contributed by atoms with Crippen molar-refractivity contribution in [1.82, 2.24) is 24.9 Å². The molecule has 2 aromatic carbocycles. The first-order valence-corrected chi connectivity index (χ1v) is 14.8. The molecule has 1 aromatic heterocycles. The van der Waals surface area contributed by atoms with Gasteiger partial charge >= 0.3 is 10.3 Å². The summed E-state index contributed by atoms with van der Waals surface area (Å²) in [6.07, 6.45) is -3.88. The molecule has 4 rings (SSSR count). The lowest BCUT2D eigenvalue weighted by molar-refractivity contribution is -0.121. The van der Waals surface area contributed by atoms with Crippen LogP contribution >= 0.6 is 0 Å². The van der Waals surface area contributed by atoms with Crippen molar-refractivity contribution in [2.45, 2.75) is 70.6 Å². The summed E-state index contributed by atoms with van der Waals surface area (Å²) >= 11 is 0. The van der Waals surface area contributed by atoms with Crippen molar-refractivity contribution in [3.05, 3.63) is 54.1 Å². The van der Waals surface area contributed by atoms with Crippen LogP contribution in [0.25, 0.3) is 22.5 Å². The highest BCUT2D eigenvalue weighted by atomic mass is 32.2. The van der Waals surface area contributed by atoms with E-state index in [0.717, 1.165) is 22.3 Å². The molecule has 1 aliphatic rings. The van der Waals surface area contributed by atoms with Gasteiger partial charge in [0.05, 0.1) is 25.3 Å². The molecule has 0 bridgehead atoms. The van der Waals surface area contributed by atoms with Crippen LogP contribution in [-0.4, -0.2) is 81.8 Å². The fourth-order valence-corrected chi connectivity index (χ4v) is 5.29. The largest absolute Gasteiger partial charge is 0.388 e. The number of nitrogens with one attached hydrogen (secondary N) is 1. The Bertz CT molecular complexity index is 1430. The van der Waals surface area contributed by atoms with E-state index in [4.69, 9.17) is 14.7 Å². The van der Waals surface area contributed by atoms with Gasteiger partial charge in [-0.15, -0.1) is 10.2 Å². The topological polar surface area (TPSA) is 192 Å². The summed E-state index contributed by atoms with van der Waals surface area (Å²) in [6.45, 7) is 5.17. The van der Waals surface area contributed by atoms with Crippen LogP contribution in [-0.2, 0) is 30.6 Å². The lowest BCUT2D eigenvalue weighted by Crippen LogP contribution is -2.47. The molecular weight excluding hydrogens is 552 g/mol. The number of nitrogens with zero attached hydrogens (tertiary/aromatic N) is 4. The van der Waals surface area contributed by atoms with Crippen LogP contribution in [0.5, 0.6) is 0 Å². The predicted molar refractivity (Wildman–Crippen MR) is 149 cm³/mol. The van der Waals surface area contributed by atoms with E-state index >= 15 is 0 Å². The molecule has 0 radical (unpaired) electrons. The normalized spacial score (nSPS) is 22.4. The molecule has 1 fully saturated rings.